The van der Waals surface area contributed by atoms with E-state index in [0.717, 1.165) is 36.2 Å². The highest BCUT2D eigenvalue weighted by molar-refractivity contribution is 7.90. The number of nitrogens with zero attached hydrogens (tertiary/aromatic N) is 2. The number of nitrogens with two attached hydrogens (primary N) is 3. The van der Waals surface area contributed by atoms with E-state index in [1.54, 1.807) is 12.3 Å². The molecule has 1 heterocycles. The molecule has 2 aromatic carbocycles. The Morgan fingerprint density at radius 2 is 1.65 bits per heavy atom. The van der Waals surface area contributed by atoms with Crippen molar-refractivity contribution in [2.75, 3.05) is 43.6 Å². The molecule has 0 atom stereocenters. The van der Waals surface area contributed by atoms with E-state index >= 15 is 0 Å². The standard InChI is InChI=1S/C19H28N6O.C18H31N3O4S/c1-19(2,3)17-24-12-15(16(26)25-17)14-7-5-13(6-8-14)11-22-9-4-10-23-18(20)21;1-18(2,3)21-17(22)20-15-9-8-14(7-5-12-26(4,23)24)13-16(15)25-11-6-10-19/h5-8,12,22H,4,9-11H2,1-3H3,(H4,20,21,23)(H,24,25,26);8-9,13H,5-7,10-12,19H2,1-4H3,(H2,20,21,22). The molecule has 3 rings (SSSR count). The summed E-state index contributed by atoms with van der Waals surface area (Å²) >= 11 is 0. The van der Waals surface area contributed by atoms with E-state index in [-0.39, 0.29) is 34.3 Å². The highest BCUT2D eigenvalue weighted by Gasteiger charge is 2.18. The predicted molar refractivity (Wildman–Crippen MR) is 212 cm³/mol. The average molecular weight is 742 g/mol. The van der Waals surface area contributed by atoms with E-state index in [1.807, 2.05) is 77.9 Å². The van der Waals surface area contributed by atoms with Crippen LogP contribution in [0.25, 0.3) is 11.1 Å². The van der Waals surface area contributed by atoms with Crippen molar-refractivity contribution in [1.29, 1.82) is 0 Å². The van der Waals surface area contributed by atoms with Crippen molar-refractivity contribution in [1.82, 2.24) is 20.6 Å². The van der Waals surface area contributed by atoms with Gasteiger partial charge in [0.2, 0.25) is 0 Å². The van der Waals surface area contributed by atoms with E-state index < -0.39 is 9.84 Å². The second kappa shape index (κ2) is 20.5. The molecular formula is C37H59N9O5S. The smallest absolute Gasteiger partial charge is 0.319 e. The van der Waals surface area contributed by atoms with E-state index in [0.29, 0.717) is 61.8 Å². The summed E-state index contributed by atoms with van der Waals surface area (Å²) in [6.07, 6.45) is 5.61. The van der Waals surface area contributed by atoms with Gasteiger partial charge in [0.15, 0.2) is 5.96 Å². The van der Waals surface area contributed by atoms with Crippen molar-refractivity contribution in [2.45, 2.75) is 84.7 Å². The number of aromatic amines is 1. The summed E-state index contributed by atoms with van der Waals surface area (Å²) in [5.41, 5.74) is 19.5. The number of hydrogen-bond donors (Lipinski definition) is 7. The minimum absolute atomic E-state index is 0.115. The predicted octanol–water partition coefficient (Wildman–Crippen LogP) is 3.80. The highest BCUT2D eigenvalue weighted by Crippen LogP contribution is 2.27. The molecule has 3 aromatic rings. The highest BCUT2D eigenvalue weighted by atomic mass is 32.2. The Bertz CT molecular complexity index is 1760. The lowest BCUT2D eigenvalue weighted by atomic mass is 9.95. The normalized spacial score (nSPS) is 11.6. The number of anilines is 1. The molecule has 15 heteroatoms. The maximum absolute atomic E-state index is 12.4. The maximum atomic E-state index is 12.4. The zero-order valence-electron chi connectivity index (χ0n) is 31.8. The molecule has 2 amide bonds. The molecular weight excluding hydrogens is 683 g/mol. The van der Waals surface area contributed by atoms with Gasteiger partial charge in [0.1, 0.15) is 21.4 Å². The van der Waals surface area contributed by atoms with Crippen molar-refractivity contribution in [3.05, 3.63) is 76.0 Å². The molecule has 0 aliphatic heterocycles. The van der Waals surface area contributed by atoms with Gasteiger partial charge < -0.3 is 42.9 Å². The first-order chi connectivity index (χ1) is 24.3. The average Bonchev–Trinajstić information content (AvgIpc) is 3.02. The van der Waals surface area contributed by atoms with Crippen molar-refractivity contribution in [2.24, 2.45) is 22.2 Å². The fraction of sp³-hybridized carbons (Fsp3) is 0.514. The second-order valence-electron chi connectivity index (χ2n) is 14.6. The molecule has 14 nitrogen and oxygen atoms in total. The number of aliphatic imine (C=N–C) groups is 1. The number of aryl methyl sites for hydroxylation is 1. The second-order valence-corrected chi connectivity index (χ2v) is 16.9. The van der Waals surface area contributed by atoms with Crippen LogP contribution < -0.4 is 43.4 Å². The quantitative estimate of drug-likeness (QED) is 0.0638. The topological polar surface area (TPSA) is 233 Å². The van der Waals surface area contributed by atoms with Crippen LogP contribution in [0.2, 0.25) is 0 Å². The first-order valence-corrected chi connectivity index (χ1v) is 19.5. The fourth-order valence-electron chi connectivity index (χ4n) is 4.67. The number of guanidine groups is 1. The Hall–Kier alpha value is -4.47. The Balaban J connectivity index is 0.000000360. The van der Waals surface area contributed by atoms with Gasteiger partial charge in [0, 0.05) is 36.5 Å². The van der Waals surface area contributed by atoms with Crippen LogP contribution in [0, 0.1) is 0 Å². The van der Waals surface area contributed by atoms with E-state index in [1.165, 1.54) is 6.26 Å². The van der Waals surface area contributed by atoms with Gasteiger partial charge in [-0.05, 0) is 88.4 Å². The third-order valence-electron chi connectivity index (χ3n) is 7.28. The molecule has 0 saturated heterocycles. The molecule has 0 unspecified atom stereocenters. The Morgan fingerprint density at radius 1 is 0.981 bits per heavy atom. The lowest BCUT2D eigenvalue weighted by Gasteiger charge is -2.21. The summed E-state index contributed by atoms with van der Waals surface area (Å²) in [7, 11) is -2.97. The summed E-state index contributed by atoms with van der Waals surface area (Å²) in [5.74, 6) is 1.51. The van der Waals surface area contributed by atoms with Gasteiger partial charge in [-0.3, -0.25) is 9.79 Å². The number of benzene rings is 2. The van der Waals surface area contributed by atoms with Crippen LogP contribution >= 0.6 is 0 Å². The minimum Gasteiger partial charge on any atom is -0.491 e. The van der Waals surface area contributed by atoms with Crippen LogP contribution in [0.4, 0.5) is 10.5 Å². The number of carbonyl (C=O) groups excluding carboxylic acids is 1. The van der Waals surface area contributed by atoms with Gasteiger partial charge in [0.25, 0.3) is 5.56 Å². The number of amides is 2. The summed E-state index contributed by atoms with van der Waals surface area (Å²) in [5, 5.41) is 8.97. The fourth-order valence-corrected chi connectivity index (χ4v) is 5.34. The Morgan fingerprint density at radius 3 is 2.23 bits per heavy atom. The number of rotatable bonds is 16. The van der Waals surface area contributed by atoms with Crippen LogP contribution in [0.15, 0.2) is 58.4 Å². The number of sulfone groups is 1. The molecule has 10 N–H and O–H groups in total. The van der Waals surface area contributed by atoms with Gasteiger partial charge in [-0.25, -0.2) is 18.2 Å². The molecule has 0 fully saturated rings. The zero-order valence-corrected chi connectivity index (χ0v) is 32.6. The number of H-pyrrole nitrogens is 1. The van der Waals surface area contributed by atoms with Crippen molar-refractivity contribution < 1.29 is 17.9 Å². The number of nitrogens with one attached hydrogen (secondary N) is 4. The van der Waals surface area contributed by atoms with Crippen molar-refractivity contribution in [3.63, 3.8) is 0 Å². The van der Waals surface area contributed by atoms with Gasteiger partial charge in [-0.15, -0.1) is 0 Å². The molecule has 288 valence electrons. The van der Waals surface area contributed by atoms with Crippen LogP contribution in [0.5, 0.6) is 5.75 Å². The maximum Gasteiger partial charge on any atom is 0.319 e. The van der Waals surface area contributed by atoms with E-state index in [4.69, 9.17) is 21.9 Å². The van der Waals surface area contributed by atoms with E-state index in [9.17, 15) is 18.0 Å². The molecule has 52 heavy (non-hydrogen) atoms. The zero-order chi connectivity index (χ0) is 39.0. The molecule has 0 bridgehead atoms. The number of aromatic nitrogens is 2. The molecule has 0 spiro atoms. The van der Waals surface area contributed by atoms with Crippen LogP contribution in [-0.2, 0) is 28.2 Å². The summed E-state index contributed by atoms with van der Waals surface area (Å²) in [6.45, 7) is 14.9. The van der Waals surface area contributed by atoms with Crippen LogP contribution in [-0.4, -0.2) is 74.2 Å². The summed E-state index contributed by atoms with van der Waals surface area (Å²) in [6, 6.07) is 13.1. The third-order valence-corrected chi connectivity index (χ3v) is 8.31. The van der Waals surface area contributed by atoms with Gasteiger partial charge >= 0.3 is 6.03 Å². The van der Waals surface area contributed by atoms with Crippen LogP contribution in [0.3, 0.4) is 0 Å². The first-order valence-electron chi connectivity index (χ1n) is 17.5. The molecule has 1 aromatic heterocycles. The number of hydrogen-bond acceptors (Lipinski definition) is 9. The molecule has 0 radical (unpaired) electrons. The van der Waals surface area contributed by atoms with Crippen molar-refractivity contribution >= 4 is 27.5 Å². The Kier molecular flexibility index (Phi) is 17.3. The van der Waals surface area contributed by atoms with Gasteiger partial charge in [-0.2, -0.15) is 0 Å². The third kappa shape index (κ3) is 17.6. The Labute approximate surface area is 308 Å². The molecule has 0 aliphatic rings. The number of urea groups is 1. The number of ether oxygens (including phenoxy) is 1. The van der Waals surface area contributed by atoms with Crippen LogP contribution in [0.1, 0.15) is 77.8 Å². The molecule has 0 saturated carbocycles. The lowest BCUT2D eigenvalue weighted by Crippen LogP contribution is -2.43. The van der Waals surface area contributed by atoms with Crippen molar-refractivity contribution in [3.8, 4) is 16.9 Å². The number of carbonyl (C=O) groups is 1. The monoisotopic (exact) mass is 741 g/mol. The summed E-state index contributed by atoms with van der Waals surface area (Å²) < 4.78 is 28.3. The largest absolute Gasteiger partial charge is 0.491 e. The molecule has 0 aliphatic carbocycles. The van der Waals surface area contributed by atoms with E-state index in [2.05, 4.69) is 30.9 Å². The van der Waals surface area contributed by atoms with Gasteiger partial charge in [-0.1, -0.05) is 51.1 Å². The van der Waals surface area contributed by atoms with Gasteiger partial charge in [0.05, 0.1) is 23.6 Å². The summed E-state index contributed by atoms with van der Waals surface area (Å²) in [4.78, 5) is 35.7. The SMILES string of the molecule is CC(C)(C)NC(=O)Nc1ccc(CCCS(C)(=O)=O)cc1OCCCN.CC(C)(C)c1ncc(-c2ccc(CNCCCN=C(N)N)cc2)c(=O)[nH]1. The first kappa shape index (κ1) is 43.7. The minimum atomic E-state index is -2.97. The lowest BCUT2D eigenvalue weighted by molar-refractivity contribution is 0.243.